The van der Waals surface area contributed by atoms with Gasteiger partial charge < -0.3 is 21.6 Å². The van der Waals surface area contributed by atoms with Crippen molar-refractivity contribution < 1.29 is 14.8 Å². The summed E-state index contributed by atoms with van der Waals surface area (Å²) in [4.78, 5) is 24.5. The van der Waals surface area contributed by atoms with Crippen LogP contribution >= 0.6 is 0 Å². The molecule has 0 aromatic rings. The van der Waals surface area contributed by atoms with Crippen molar-refractivity contribution in [3.8, 4) is 0 Å². The molecule has 0 saturated heterocycles. The Labute approximate surface area is 125 Å². The summed E-state index contributed by atoms with van der Waals surface area (Å²) in [5.41, 5.74) is 4.34. The van der Waals surface area contributed by atoms with Crippen molar-refractivity contribution in [2.24, 2.45) is 16.3 Å². The molecule has 0 aromatic carbocycles. The predicted molar refractivity (Wildman–Crippen MR) is 79.8 cm³/mol. The van der Waals surface area contributed by atoms with Gasteiger partial charge in [-0.15, -0.1) is 0 Å². The van der Waals surface area contributed by atoms with Crippen LogP contribution in [-0.2, 0) is 9.59 Å². The van der Waals surface area contributed by atoms with Gasteiger partial charge in [0.05, 0.1) is 0 Å². The smallest absolute Gasteiger partial charge is 0.242 e. The van der Waals surface area contributed by atoms with E-state index in [9.17, 15) is 9.59 Å². The lowest BCUT2D eigenvalue weighted by molar-refractivity contribution is -0.133. The first-order valence-corrected chi connectivity index (χ1v) is 7.23. The lowest BCUT2D eigenvalue weighted by Gasteiger charge is -2.29. The standard InChI is InChI=1S/C14H26N4O3/c1-9(10(19)17-13(2,3)4)16-12(20)14(11(15)18-21)7-5-6-8-14/h9,21H,5-8H2,1-4H3,(H2,15,18)(H,16,20)(H,17,19). The Kier molecular flexibility index (Phi) is 5.20. The van der Waals surface area contributed by atoms with E-state index in [2.05, 4.69) is 15.8 Å². The van der Waals surface area contributed by atoms with Crippen molar-refractivity contribution in [3.05, 3.63) is 0 Å². The molecule has 1 unspecified atom stereocenters. The molecule has 7 heteroatoms. The lowest BCUT2D eigenvalue weighted by Crippen LogP contribution is -2.55. The molecular formula is C14H26N4O3. The van der Waals surface area contributed by atoms with Gasteiger partial charge in [-0.25, -0.2) is 0 Å². The summed E-state index contributed by atoms with van der Waals surface area (Å²) >= 11 is 0. The number of hydrogen-bond donors (Lipinski definition) is 4. The molecule has 0 radical (unpaired) electrons. The molecule has 1 saturated carbocycles. The molecular weight excluding hydrogens is 272 g/mol. The molecule has 21 heavy (non-hydrogen) atoms. The summed E-state index contributed by atoms with van der Waals surface area (Å²) in [5, 5.41) is 17.4. The zero-order valence-electron chi connectivity index (χ0n) is 13.2. The van der Waals surface area contributed by atoms with Gasteiger partial charge in [0.2, 0.25) is 11.8 Å². The number of rotatable bonds is 4. The van der Waals surface area contributed by atoms with E-state index in [4.69, 9.17) is 10.9 Å². The van der Waals surface area contributed by atoms with Gasteiger partial charge in [0.15, 0.2) is 5.84 Å². The third-order valence-corrected chi connectivity index (χ3v) is 3.73. The number of carbonyl (C=O) groups excluding carboxylic acids is 2. The van der Waals surface area contributed by atoms with E-state index in [-0.39, 0.29) is 23.2 Å². The molecule has 1 atom stereocenters. The van der Waals surface area contributed by atoms with Crippen molar-refractivity contribution in [2.45, 2.75) is 65.0 Å². The van der Waals surface area contributed by atoms with E-state index in [0.717, 1.165) is 12.8 Å². The quantitative estimate of drug-likeness (QED) is 0.265. The highest BCUT2D eigenvalue weighted by Crippen LogP contribution is 2.38. The fraction of sp³-hybridized carbons (Fsp3) is 0.786. The fourth-order valence-electron chi connectivity index (χ4n) is 2.55. The third kappa shape index (κ3) is 4.09. The number of amides is 2. The van der Waals surface area contributed by atoms with Crippen molar-refractivity contribution >= 4 is 17.6 Å². The van der Waals surface area contributed by atoms with Crippen LogP contribution in [0.2, 0.25) is 0 Å². The minimum Gasteiger partial charge on any atom is -0.409 e. The largest absolute Gasteiger partial charge is 0.409 e. The molecule has 0 heterocycles. The van der Waals surface area contributed by atoms with Gasteiger partial charge in [0, 0.05) is 5.54 Å². The van der Waals surface area contributed by atoms with Crippen LogP contribution < -0.4 is 16.4 Å². The highest BCUT2D eigenvalue weighted by molar-refractivity contribution is 6.08. The molecule has 0 aromatic heterocycles. The molecule has 0 spiro atoms. The molecule has 1 rings (SSSR count). The van der Waals surface area contributed by atoms with Crippen molar-refractivity contribution in [3.63, 3.8) is 0 Å². The zero-order valence-corrected chi connectivity index (χ0v) is 13.2. The molecule has 2 amide bonds. The number of nitrogens with one attached hydrogen (secondary N) is 2. The molecule has 1 aliphatic carbocycles. The van der Waals surface area contributed by atoms with E-state index in [0.29, 0.717) is 12.8 Å². The molecule has 7 nitrogen and oxygen atoms in total. The van der Waals surface area contributed by atoms with E-state index in [1.807, 2.05) is 20.8 Å². The molecule has 0 aliphatic heterocycles. The van der Waals surface area contributed by atoms with Gasteiger partial charge in [0.1, 0.15) is 11.5 Å². The van der Waals surface area contributed by atoms with Crippen LogP contribution in [0.4, 0.5) is 0 Å². The number of hydrogen-bond acceptors (Lipinski definition) is 4. The van der Waals surface area contributed by atoms with E-state index in [1.165, 1.54) is 0 Å². The number of nitrogens with two attached hydrogens (primary N) is 1. The number of amidine groups is 1. The average molecular weight is 298 g/mol. The maximum atomic E-state index is 12.5. The van der Waals surface area contributed by atoms with Gasteiger partial charge in [-0.05, 0) is 40.5 Å². The Bertz CT molecular complexity index is 434. The highest BCUT2D eigenvalue weighted by Gasteiger charge is 2.46. The molecule has 5 N–H and O–H groups in total. The number of nitrogens with zero attached hydrogens (tertiary/aromatic N) is 1. The summed E-state index contributed by atoms with van der Waals surface area (Å²) in [6.45, 7) is 7.23. The Morgan fingerprint density at radius 3 is 2.24 bits per heavy atom. The molecule has 0 bridgehead atoms. The second-order valence-electron chi connectivity index (χ2n) is 6.71. The van der Waals surface area contributed by atoms with E-state index >= 15 is 0 Å². The van der Waals surface area contributed by atoms with E-state index < -0.39 is 11.5 Å². The Balaban J connectivity index is 2.77. The minimum absolute atomic E-state index is 0.0825. The Hall–Kier alpha value is -1.79. The van der Waals surface area contributed by atoms with Crippen LogP contribution in [0.5, 0.6) is 0 Å². The van der Waals surface area contributed by atoms with Gasteiger partial charge >= 0.3 is 0 Å². The van der Waals surface area contributed by atoms with Crippen LogP contribution in [0, 0.1) is 5.41 Å². The van der Waals surface area contributed by atoms with Crippen LogP contribution in [0.15, 0.2) is 5.16 Å². The minimum atomic E-state index is -0.995. The zero-order chi connectivity index (χ0) is 16.3. The van der Waals surface area contributed by atoms with E-state index in [1.54, 1.807) is 6.92 Å². The summed E-state index contributed by atoms with van der Waals surface area (Å²) < 4.78 is 0. The monoisotopic (exact) mass is 298 g/mol. The number of oxime groups is 1. The molecule has 120 valence electrons. The molecule has 1 aliphatic rings. The Morgan fingerprint density at radius 2 is 1.81 bits per heavy atom. The van der Waals surface area contributed by atoms with Crippen LogP contribution in [0.1, 0.15) is 53.4 Å². The second-order valence-corrected chi connectivity index (χ2v) is 6.71. The predicted octanol–water partition coefficient (Wildman–Crippen LogP) is 0.713. The van der Waals surface area contributed by atoms with Gasteiger partial charge in [0.25, 0.3) is 0 Å². The van der Waals surface area contributed by atoms with Crippen LogP contribution in [0.3, 0.4) is 0 Å². The molecule has 1 fully saturated rings. The maximum absolute atomic E-state index is 12.5. The topological polar surface area (TPSA) is 117 Å². The van der Waals surface area contributed by atoms with Crippen molar-refractivity contribution in [1.82, 2.24) is 10.6 Å². The average Bonchev–Trinajstić information content (AvgIpc) is 2.86. The van der Waals surface area contributed by atoms with Gasteiger partial charge in [-0.3, -0.25) is 9.59 Å². The SMILES string of the molecule is CC(NC(=O)C1(C(N)=NO)CCCC1)C(=O)NC(C)(C)C. The van der Waals surface area contributed by atoms with Gasteiger partial charge in [-0.2, -0.15) is 0 Å². The highest BCUT2D eigenvalue weighted by atomic mass is 16.4. The summed E-state index contributed by atoms with van der Waals surface area (Å²) in [6, 6.07) is -0.680. The van der Waals surface area contributed by atoms with Crippen molar-refractivity contribution in [1.29, 1.82) is 0 Å². The fourth-order valence-corrected chi connectivity index (χ4v) is 2.55. The lowest BCUT2D eigenvalue weighted by atomic mass is 9.83. The first-order chi connectivity index (χ1) is 9.62. The van der Waals surface area contributed by atoms with Crippen molar-refractivity contribution in [2.75, 3.05) is 0 Å². The summed E-state index contributed by atoms with van der Waals surface area (Å²) in [7, 11) is 0. The summed E-state index contributed by atoms with van der Waals surface area (Å²) in [6.07, 6.45) is 2.74. The van der Waals surface area contributed by atoms with Gasteiger partial charge in [-0.1, -0.05) is 18.0 Å². The second kappa shape index (κ2) is 6.32. The first-order valence-electron chi connectivity index (χ1n) is 7.23. The first kappa shape index (κ1) is 17.3. The Morgan fingerprint density at radius 1 is 1.29 bits per heavy atom. The maximum Gasteiger partial charge on any atom is 0.242 e. The normalized spacial score (nSPS) is 19.9. The summed E-state index contributed by atoms with van der Waals surface area (Å²) in [5.74, 6) is -0.698. The third-order valence-electron chi connectivity index (χ3n) is 3.73. The number of carbonyl (C=O) groups is 2. The van der Waals surface area contributed by atoms with Crippen LogP contribution in [-0.4, -0.2) is 34.4 Å². The van der Waals surface area contributed by atoms with Crippen LogP contribution in [0.25, 0.3) is 0 Å².